The fourth-order valence-corrected chi connectivity index (χ4v) is 5.80. The summed E-state index contributed by atoms with van der Waals surface area (Å²) in [6.45, 7) is 2.91. The highest BCUT2D eigenvalue weighted by atomic mass is 15.2. The average molecular weight is 259 g/mol. The second kappa shape index (κ2) is 4.08. The first-order valence-corrected chi connectivity index (χ1v) is 7.94. The molecule has 0 atom stereocenters. The first-order valence-electron chi connectivity index (χ1n) is 7.94. The minimum absolute atomic E-state index is 0.403. The van der Waals surface area contributed by atoms with Crippen molar-refractivity contribution in [1.82, 2.24) is 9.55 Å². The van der Waals surface area contributed by atoms with Crippen molar-refractivity contribution < 1.29 is 0 Å². The van der Waals surface area contributed by atoms with Gasteiger partial charge >= 0.3 is 0 Å². The molecule has 1 heterocycles. The predicted molar refractivity (Wildman–Crippen MR) is 75.9 cm³/mol. The summed E-state index contributed by atoms with van der Waals surface area (Å²) in [5.41, 5.74) is 7.57. The molecule has 4 aliphatic rings. The molecular formula is C16H25N3. The molecule has 3 heteroatoms. The van der Waals surface area contributed by atoms with Gasteiger partial charge in [-0.05, 0) is 69.7 Å². The molecule has 0 spiro atoms. The predicted octanol–water partition coefficient (Wildman–Crippen LogP) is 2.62. The zero-order valence-corrected chi connectivity index (χ0v) is 11.9. The largest absolute Gasteiger partial charge is 0.330 e. The summed E-state index contributed by atoms with van der Waals surface area (Å²) in [7, 11) is 0. The molecule has 0 aliphatic heterocycles. The molecule has 5 rings (SSSR count). The highest BCUT2D eigenvalue weighted by Crippen LogP contribution is 2.59. The molecule has 0 radical (unpaired) electrons. The van der Waals surface area contributed by atoms with Gasteiger partial charge in [0.1, 0.15) is 5.82 Å². The number of hydrogen-bond acceptors (Lipinski definition) is 2. The first-order chi connectivity index (χ1) is 9.20. The third-order valence-electron chi connectivity index (χ3n) is 5.89. The first kappa shape index (κ1) is 12.0. The smallest absolute Gasteiger partial charge is 0.106 e. The van der Waals surface area contributed by atoms with Gasteiger partial charge in [-0.3, -0.25) is 0 Å². The van der Waals surface area contributed by atoms with Crippen molar-refractivity contribution in [3.05, 3.63) is 17.7 Å². The molecule has 104 valence electrons. The average Bonchev–Trinajstić information content (AvgIpc) is 2.70. The summed E-state index contributed by atoms with van der Waals surface area (Å²) in [5.74, 6) is 4.17. The second-order valence-corrected chi connectivity index (χ2v) is 7.31. The number of aryl methyl sites for hydroxylation is 1. The van der Waals surface area contributed by atoms with Crippen molar-refractivity contribution in [2.75, 3.05) is 6.54 Å². The van der Waals surface area contributed by atoms with Crippen molar-refractivity contribution in [3.63, 3.8) is 0 Å². The summed E-state index contributed by atoms with van der Waals surface area (Å²) in [5, 5.41) is 0. The molecule has 4 fully saturated rings. The van der Waals surface area contributed by atoms with Crippen LogP contribution in [0.15, 0.2) is 6.20 Å². The van der Waals surface area contributed by atoms with Crippen LogP contribution >= 0.6 is 0 Å². The Labute approximate surface area is 115 Å². The van der Waals surface area contributed by atoms with E-state index in [0.717, 1.165) is 30.7 Å². The van der Waals surface area contributed by atoms with Crippen LogP contribution in [0.4, 0.5) is 0 Å². The number of hydrogen-bond donors (Lipinski definition) is 1. The number of rotatable bonds is 3. The van der Waals surface area contributed by atoms with E-state index in [-0.39, 0.29) is 0 Å². The lowest BCUT2D eigenvalue weighted by atomic mass is 9.53. The Kier molecular flexibility index (Phi) is 2.57. The van der Waals surface area contributed by atoms with Gasteiger partial charge in [-0.15, -0.1) is 0 Å². The van der Waals surface area contributed by atoms with Crippen molar-refractivity contribution in [1.29, 1.82) is 0 Å². The van der Waals surface area contributed by atoms with E-state index in [1.54, 1.807) is 0 Å². The van der Waals surface area contributed by atoms with Crippen LogP contribution < -0.4 is 5.73 Å². The molecule has 2 N–H and O–H groups in total. The van der Waals surface area contributed by atoms with Crippen molar-refractivity contribution in [2.45, 2.75) is 57.4 Å². The zero-order chi connectivity index (χ0) is 13.0. The van der Waals surface area contributed by atoms with E-state index in [0.29, 0.717) is 5.54 Å². The second-order valence-electron chi connectivity index (χ2n) is 7.31. The highest BCUT2D eigenvalue weighted by molar-refractivity contribution is 5.15. The molecule has 1 aromatic heterocycles. The topological polar surface area (TPSA) is 43.8 Å². The number of aromatic nitrogens is 2. The molecule has 19 heavy (non-hydrogen) atoms. The number of nitrogens with two attached hydrogens (primary N) is 1. The Hall–Kier alpha value is -0.830. The monoisotopic (exact) mass is 259 g/mol. The number of imidazole rings is 1. The van der Waals surface area contributed by atoms with Crippen LogP contribution in [-0.4, -0.2) is 16.1 Å². The lowest BCUT2D eigenvalue weighted by Crippen LogP contribution is -2.52. The minimum Gasteiger partial charge on any atom is -0.330 e. The quantitative estimate of drug-likeness (QED) is 0.907. The lowest BCUT2D eigenvalue weighted by Gasteiger charge is -2.57. The van der Waals surface area contributed by atoms with Gasteiger partial charge < -0.3 is 10.3 Å². The normalized spacial score (nSPS) is 40.0. The summed E-state index contributed by atoms with van der Waals surface area (Å²) in [4.78, 5) is 4.60. The van der Waals surface area contributed by atoms with Crippen LogP contribution in [0, 0.1) is 24.7 Å². The SMILES string of the molecule is Cc1ncc(CCN)n1C12CC3CC(CC(C3)C1)C2. The van der Waals surface area contributed by atoms with Crippen LogP contribution in [0.2, 0.25) is 0 Å². The van der Waals surface area contributed by atoms with Crippen LogP contribution in [0.3, 0.4) is 0 Å². The van der Waals surface area contributed by atoms with Gasteiger partial charge in [0.2, 0.25) is 0 Å². The van der Waals surface area contributed by atoms with Gasteiger partial charge in [0.25, 0.3) is 0 Å². The molecule has 0 amide bonds. The van der Waals surface area contributed by atoms with Crippen molar-refractivity contribution >= 4 is 0 Å². The fraction of sp³-hybridized carbons (Fsp3) is 0.812. The Bertz CT molecular complexity index is 453. The molecule has 3 nitrogen and oxygen atoms in total. The van der Waals surface area contributed by atoms with Gasteiger partial charge in [0.15, 0.2) is 0 Å². The maximum Gasteiger partial charge on any atom is 0.106 e. The van der Waals surface area contributed by atoms with E-state index in [9.17, 15) is 0 Å². The molecule has 0 unspecified atom stereocenters. The molecule has 4 bridgehead atoms. The van der Waals surface area contributed by atoms with Gasteiger partial charge in [-0.2, -0.15) is 0 Å². The maximum atomic E-state index is 5.79. The molecule has 1 aromatic rings. The highest BCUT2D eigenvalue weighted by Gasteiger charge is 2.52. The van der Waals surface area contributed by atoms with Gasteiger partial charge in [0, 0.05) is 23.9 Å². The Morgan fingerprint density at radius 3 is 2.32 bits per heavy atom. The van der Waals surface area contributed by atoms with Gasteiger partial charge in [-0.1, -0.05) is 0 Å². The van der Waals surface area contributed by atoms with Crippen molar-refractivity contribution in [3.8, 4) is 0 Å². The van der Waals surface area contributed by atoms with E-state index in [4.69, 9.17) is 5.73 Å². The lowest BCUT2D eigenvalue weighted by molar-refractivity contribution is -0.0452. The van der Waals surface area contributed by atoms with Crippen LogP contribution in [0.1, 0.15) is 50.0 Å². The summed E-state index contributed by atoms with van der Waals surface area (Å²) in [6, 6.07) is 0. The number of nitrogens with zero attached hydrogens (tertiary/aromatic N) is 2. The molecule has 4 saturated carbocycles. The summed E-state index contributed by atoms with van der Waals surface area (Å²) < 4.78 is 2.60. The summed E-state index contributed by atoms with van der Waals surface area (Å²) in [6.07, 6.45) is 11.7. The Morgan fingerprint density at radius 1 is 1.21 bits per heavy atom. The standard InChI is InChI=1S/C16H25N3/c1-11-18-10-15(2-3-17)19(11)16-7-12-4-13(8-16)6-14(5-12)9-16/h10,12-14H,2-9,17H2,1H3. The van der Waals surface area contributed by atoms with E-state index in [2.05, 4.69) is 22.7 Å². The van der Waals surface area contributed by atoms with E-state index < -0.39 is 0 Å². The van der Waals surface area contributed by atoms with Crippen LogP contribution in [-0.2, 0) is 12.0 Å². The van der Waals surface area contributed by atoms with Crippen LogP contribution in [0.5, 0.6) is 0 Å². The maximum absolute atomic E-state index is 5.79. The van der Waals surface area contributed by atoms with Gasteiger partial charge in [-0.25, -0.2) is 4.98 Å². The van der Waals surface area contributed by atoms with Crippen LogP contribution in [0.25, 0.3) is 0 Å². The summed E-state index contributed by atoms with van der Waals surface area (Å²) >= 11 is 0. The minimum atomic E-state index is 0.403. The third kappa shape index (κ3) is 1.70. The van der Waals surface area contributed by atoms with E-state index >= 15 is 0 Å². The van der Waals surface area contributed by atoms with Gasteiger partial charge in [0.05, 0.1) is 0 Å². The Morgan fingerprint density at radius 2 is 1.79 bits per heavy atom. The third-order valence-corrected chi connectivity index (χ3v) is 5.89. The zero-order valence-electron chi connectivity index (χ0n) is 11.9. The molecule has 0 saturated heterocycles. The molecule has 4 aliphatic carbocycles. The molecular weight excluding hydrogens is 234 g/mol. The van der Waals surface area contributed by atoms with Crippen molar-refractivity contribution in [2.24, 2.45) is 23.5 Å². The van der Waals surface area contributed by atoms with E-state index in [1.165, 1.54) is 50.0 Å². The van der Waals surface area contributed by atoms with E-state index in [1.807, 2.05) is 0 Å². The Balaban J connectivity index is 1.77. The fourth-order valence-electron chi connectivity index (χ4n) is 5.80. The molecule has 0 aromatic carbocycles.